The maximum atomic E-state index is 12.0. The summed E-state index contributed by atoms with van der Waals surface area (Å²) in [4.78, 5) is 35.6. The number of anilines is 1. The molecule has 2 rings (SSSR count). The fourth-order valence-electron chi connectivity index (χ4n) is 2.50. The number of rotatable bonds is 4. The van der Waals surface area contributed by atoms with Crippen LogP contribution in [-0.2, 0) is 4.74 Å². The zero-order valence-electron chi connectivity index (χ0n) is 13.4. The van der Waals surface area contributed by atoms with Gasteiger partial charge < -0.3 is 20.3 Å². The number of piperidine rings is 1. The van der Waals surface area contributed by atoms with Crippen LogP contribution < -0.4 is 10.6 Å². The number of amides is 3. The normalized spacial score (nSPS) is 14.8. The molecule has 130 valence electrons. The number of ether oxygens (including phenoxy) is 1. The van der Waals surface area contributed by atoms with E-state index in [0.29, 0.717) is 32.5 Å². The number of nitro benzene ring substituents is 1. The van der Waals surface area contributed by atoms with Crippen LogP contribution in [0.1, 0.15) is 19.8 Å². The Morgan fingerprint density at radius 2 is 2.00 bits per heavy atom. The van der Waals surface area contributed by atoms with Gasteiger partial charge in [-0.15, -0.1) is 0 Å². The molecule has 0 saturated carbocycles. The predicted octanol–water partition coefficient (Wildman–Crippen LogP) is 2.34. The maximum absolute atomic E-state index is 12.0. The van der Waals surface area contributed by atoms with Crippen LogP contribution in [0.2, 0.25) is 0 Å². The van der Waals surface area contributed by atoms with Crippen molar-refractivity contribution in [1.82, 2.24) is 10.2 Å². The van der Waals surface area contributed by atoms with E-state index in [1.54, 1.807) is 17.9 Å². The zero-order valence-corrected chi connectivity index (χ0v) is 13.4. The molecule has 1 fully saturated rings. The molecule has 3 amide bonds. The highest BCUT2D eigenvalue weighted by Crippen LogP contribution is 2.23. The van der Waals surface area contributed by atoms with Gasteiger partial charge in [0, 0.05) is 25.2 Å². The van der Waals surface area contributed by atoms with Gasteiger partial charge in [0.15, 0.2) is 0 Å². The molecule has 1 saturated heterocycles. The van der Waals surface area contributed by atoms with E-state index in [0.717, 1.165) is 0 Å². The number of benzene rings is 1. The molecule has 1 aliphatic heterocycles. The van der Waals surface area contributed by atoms with Crippen LogP contribution >= 0.6 is 0 Å². The monoisotopic (exact) mass is 336 g/mol. The molecule has 9 nitrogen and oxygen atoms in total. The Hall–Kier alpha value is -2.84. The molecule has 0 aliphatic carbocycles. The van der Waals surface area contributed by atoms with E-state index in [9.17, 15) is 19.7 Å². The standard InChI is InChI=1S/C15H20N4O5/c1-2-24-15(21)18-9-7-11(8-10-18)16-14(20)17-12-5-3-4-6-13(12)19(22)23/h3-6,11H,2,7-10H2,1H3,(H2,16,17,20). The lowest BCUT2D eigenvalue weighted by Gasteiger charge is -2.31. The summed E-state index contributed by atoms with van der Waals surface area (Å²) in [6, 6.07) is 5.35. The summed E-state index contributed by atoms with van der Waals surface area (Å²) in [6.07, 6.45) is 0.854. The van der Waals surface area contributed by atoms with Crippen LogP contribution in [0.25, 0.3) is 0 Å². The molecule has 0 spiro atoms. The van der Waals surface area contributed by atoms with Gasteiger partial charge in [-0.3, -0.25) is 10.1 Å². The molecule has 0 unspecified atom stereocenters. The smallest absolute Gasteiger partial charge is 0.409 e. The van der Waals surface area contributed by atoms with Gasteiger partial charge in [-0.05, 0) is 25.8 Å². The first-order chi connectivity index (χ1) is 11.5. The number of hydrogen-bond acceptors (Lipinski definition) is 5. The molecule has 24 heavy (non-hydrogen) atoms. The van der Waals surface area contributed by atoms with Crippen molar-refractivity contribution in [1.29, 1.82) is 0 Å². The van der Waals surface area contributed by atoms with Crippen molar-refractivity contribution in [3.8, 4) is 0 Å². The van der Waals surface area contributed by atoms with Gasteiger partial charge in [-0.2, -0.15) is 0 Å². The Morgan fingerprint density at radius 1 is 1.33 bits per heavy atom. The number of carbonyl (C=O) groups excluding carboxylic acids is 2. The SMILES string of the molecule is CCOC(=O)N1CCC(NC(=O)Nc2ccccc2[N+](=O)[O-])CC1. The highest BCUT2D eigenvalue weighted by atomic mass is 16.6. The fourth-order valence-corrected chi connectivity index (χ4v) is 2.50. The molecule has 0 atom stereocenters. The molecule has 1 aliphatic rings. The molecule has 0 bridgehead atoms. The summed E-state index contributed by atoms with van der Waals surface area (Å²) < 4.78 is 4.94. The van der Waals surface area contributed by atoms with E-state index in [-0.39, 0.29) is 23.5 Å². The minimum atomic E-state index is -0.548. The van der Waals surface area contributed by atoms with E-state index in [1.807, 2.05) is 0 Å². The van der Waals surface area contributed by atoms with Gasteiger partial charge >= 0.3 is 12.1 Å². The molecule has 0 radical (unpaired) electrons. The summed E-state index contributed by atoms with van der Waals surface area (Å²) in [7, 11) is 0. The number of likely N-dealkylation sites (tertiary alicyclic amines) is 1. The average Bonchev–Trinajstić information content (AvgIpc) is 2.56. The summed E-state index contributed by atoms with van der Waals surface area (Å²) in [6.45, 7) is 3.07. The molecule has 1 heterocycles. The molecule has 0 aromatic heterocycles. The highest BCUT2D eigenvalue weighted by molar-refractivity contribution is 5.91. The van der Waals surface area contributed by atoms with Crippen molar-refractivity contribution in [2.45, 2.75) is 25.8 Å². The van der Waals surface area contributed by atoms with Gasteiger partial charge in [-0.1, -0.05) is 12.1 Å². The zero-order chi connectivity index (χ0) is 17.5. The number of nitro groups is 1. The molecule has 1 aromatic carbocycles. The van der Waals surface area contributed by atoms with Gasteiger partial charge in [0.1, 0.15) is 5.69 Å². The molecule has 1 aromatic rings. The third kappa shape index (κ3) is 4.58. The van der Waals surface area contributed by atoms with Crippen molar-refractivity contribution in [3.63, 3.8) is 0 Å². The van der Waals surface area contributed by atoms with Gasteiger partial charge in [-0.25, -0.2) is 9.59 Å². The van der Waals surface area contributed by atoms with Crippen LogP contribution in [-0.4, -0.2) is 47.7 Å². The van der Waals surface area contributed by atoms with E-state index in [4.69, 9.17) is 4.74 Å². The van der Waals surface area contributed by atoms with Crippen LogP contribution in [0.5, 0.6) is 0 Å². The Labute approximate surface area is 139 Å². The lowest BCUT2D eigenvalue weighted by atomic mass is 10.1. The molecular formula is C15H20N4O5. The van der Waals surface area contributed by atoms with Crippen LogP contribution in [0.4, 0.5) is 21.0 Å². The third-order valence-electron chi connectivity index (χ3n) is 3.71. The topological polar surface area (TPSA) is 114 Å². The lowest BCUT2D eigenvalue weighted by Crippen LogP contribution is -2.47. The molecule has 2 N–H and O–H groups in total. The number of para-hydroxylation sites is 2. The summed E-state index contributed by atoms with van der Waals surface area (Å²) in [5.74, 6) is 0. The summed E-state index contributed by atoms with van der Waals surface area (Å²) in [5.41, 5.74) is -0.0197. The first kappa shape index (κ1) is 17.5. The number of urea groups is 1. The minimum Gasteiger partial charge on any atom is -0.450 e. The van der Waals surface area contributed by atoms with Crippen molar-refractivity contribution in [2.75, 3.05) is 25.0 Å². The van der Waals surface area contributed by atoms with E-state index < -0.39 is 11.0 Å². The second-order valence-electron chi connectivity index (χ2n) is 5.33. The maximum Gasteiger partial charge on any atom is 0.409 e. The van der Waals surface area contributed by atoms with Crippen molar-refractivity contribution in [2.24, 2.45) is 0 Å². The third-order valence-corrected chi connectivity index (χ3v) is 3.71. The second-order valence-corrected chi connectivity index (χ2v) is 5.33. The van der Waals surface area contributed by atoms with Crippen LogP contribution in [0, 0.1) is 10.1 Å². The Balaban J connectivity index is 1.84. The summed E-state index contributed by atoms with van der Waals surface area (Å²) >= 11 is 0. The van der Waals surface area contributed by atoms with E-state index >= 15 is 0 Å². The lowest BCUT2D eigenvalue weighted by molar-refractivity contribution is -0.383. The quantitative estimate of drug-likeness (QED) is 0.647. The van der Waals surface area contributed by atoms with Crippen molar-refractivity contribution in [3.05, 3.63) is 34.4 Å². The summed E-state index contributed by atoms with van der Waals surface area (Å²) in [5, 5.41) is 16.2. The van der Waals surface area contributed by atoms with Gasteiger partial charge in [0.05, 0.1) is 11.5 Å². The first-order valence-electron chi connectivity index (χ1n) is 7.74. The average molecular weight is 336 g/mol. The number of hydrogen-bond donors (Lipinski definition) is 2. The highest BCUT2D eigenvalue weighted by Gasteiger charge is 2.25. The predicted molar refractivity (Wildman–Crippen MR) is 86.9 cm³/mol. The van der Waals surface area contributed by atoms with Gasteiger partial charge in [0.2, 0.25) is 0 Å². The Morgan fingerprint density at radius 3 is 2.62 bits per heavy atom. The number of carbonyl (C=O) groups is 2. The van der Waals surface area contributed by atoms with Crippen molar-refractivity contribution >= 4 is 23.5 Å². The van der Waals surface area contributed by atoms with E-state index in [1.165, 1.54) is 18.2 Å². The largest absolute Gasteiger partial charge is 0.450 e. The van der Waals surface area contributed by atoms with Crippen molar-refractivity contribution < 1.29 is 19.2 Å². The number of nitrogens with zero attached hydrogens (tertiary/aromatic N) is 2. The van der Waals surface area contributed by atoms with Gasteiger partial charge in [0.25, 0.3) is 5.69 Å². The van der Waals surface area contributed by atoms with Crippen LogP contribution in [0.15, 0.2) is 24.3 Å². The fraction of sp³-hybridized carbons (Fsp3) is 0.467. The first-order valence-corrected chi connectivity index (χ1v) is 7.74. The second kappa shape index (κ2) is 8.14. The molecule has 9 heteroatoms. The van der Waals surface area contributed by atoms with E-state index in [2.05, 4.69) is 10.6 Å². The Kier molecular flexibility index (Phi) is 5.94. The Bertz CT molecular complexity index is 614. The molecular weight excluding hydrogens is 316 g/mol. The number of nitrogens with one attached hydrogen (secondary N) is 2. The minimum absolute atomic E-state index is 0.0987. The van der Waals surface area contributed by atoms with Crippen LogP contribution in [0.3, 0.4) is 0 Å².